The van der Waals surface area contributed by atoms with Gasteiger partial charge in [0.1, 0.15) is 12.7 Å². The van der Waals surface area contributed by atoms with Gasteiger partial charge in [0.25, 0.3) is 0 Å². The van der Waals surface area contributed by atoms with E-state index in [1.807, 2.05) is 0 Å². The van der Waals surface area contributed by atoms with Crippen molar-refractivity contribution in [3.05, 3.63) is 144 Å². The Hall–Kier alpha value is -5.30. The van der Waals surface area contributed by atoms with Crippen LogP contribution < -0.4 is 9.79 Å². The molecule has 54 heavy (non-hydrogen) atoms. The Morgan fingerprint density at radius 2 is 0.944 bits per heavy atom. The van der Waals surface area contributed by atoms with Crippen molar-refractivity contribution in [2.75, 3.05) is 26.2 Å². The van der Waals surface area contributed by atoms with Crippen LogP contribution in [-0.4, -0.2) is 80.8 Å². The van der Waals surface area contributed by atoms with Crippen LogP contribution in [0.1, 0.15) is 62.2 Å². The molecule has 1 aliphatic heterocycles. The Bertz CT molecular complexity index is 1790. The number of hydrogen-bond donors (Lipinski definition) is 1. The number of quaternary nitrogens is 1. The Labute approximate surface area is 314 Å². The highest BCUT2D eigenvalue weighted by atomic mass is 31.1. The molecular formula is C40H43NO12P+. The fourth-order valence-corrected chi connectivity index (χ4v) is 5.89. The number of nitrogens with one attached hydrogen (secondary N) is 1. The Morgan fingerprint density at radius 1 is 0.574 bits per heavy atom. The van der Waals surface area contributed by atoms with Crippen molar-refractivity contribution in [1.29, 1.82) is 0 Å². The zero-order chi connectivity index (χ0) is 38.9. The standard InChI is InChI=1S/C34H27O12P.C6H15N/c35-30(22-13-5-1-6-14-22)41-21-26-27(46-47(39)40)28(43-31(36)23-15-7-2-8-16-23)29(44-32(37)24-17-9-3-10-18-24)34(42-26)45-33(38)25-19-11-4-12-20-25;1-4-7(5-2)6-3/h1-20,26-29,34H,21H2;4-6H2,1-3H3/p+1/t26-,27-,28+,29+,34-;/m1./s1. The van der Waals surface area contributed by atoms with Gasteiger partial charge in [-0.05, 0) is 73.9 Å². The molecule has 0 amide bonds. The van der Waals surface area contributed by atoms with Gasteiger partial charge in [0.05, 0.1) is 41.9 Å². The second-order valence-corrected chi connectivity index (χ2v) is 12.5. The summed E-state index contributed by atoms with van der Waals surface area (Å²) < 4.78 is 45.7. The monoisotopic (exact) mass is 760 g/mol. The molecule has 0 spiro atoms. The highest BCUT2D eigenvalue weighted by molar-refractivity contribution is 7.30. The van der Waals surface area contributed by atoms with Crippen molar-refractivity contribution < 1.29 is 61.7 Å². The van der Waals surface area contributed by atoms with Gasteiger partial charge in [-0.3, -0.25) is 0 Å². The van der Waals surface area contributed by atoms with Crippen LogP contribution in [0.5, 0.6) is 0 Å². The quantitative estimate of drug-likeness (QED) is 0.111. The van der Waals surface area contributed by atoms with Gasteiger partial charge in [-0.1, -0.05) is 72.8 Å². The van der Waals surface area contributed by atoms with E-state index in [9.17, 15) is 28.6 Å². The molecule has 5 rings (SSSR count). The molecule has 1 unspecified atom stereocenters. The normalized spacial score (nSPS) is 19.4. The van der Waals surface area contributed by atoms with Crippen LogP contribution >= 0.6 is 8.25 Å². The van der Waals surface area contributed by atoms with Gasteiger partial charge in [-0.25, -0.2) is 19.2 Å². The number of carbonyl (C=O) groups excluding carboxylic acids is 4. The predicted molar refractivity (Wildman–Crippen MR) is 194 cm³/mol. The van der Waals surface area contributed by atoms with Gasteiger partial charge in [-0.2, -0.15) is 0 Å². The first kappa shape index (κ1) is 41.5. The maximum Gasteiger partial charge on any atom is 0.488 e. The third-order valence-corrected chi connectivity index (χ3v) is 8.84. The highest BCUT2D eigenvalue weighted by Gasteiger charge is 2.55. The summed E-state index contributed by atoms with van der Waals surface area (Å²) in [4.78, 5) is 66.3. The SMILES string of the molecule is CC[NH+](CC)CC.O=C(OC[C@H]1O[C@H](OC(=O)c2ccccc2)[C@@H](OC(=O)c2ccccc2)[C@@H](OC(=O)c2ccccc2)[C@@H]1O[P+](=O)[O-])c1ccccc1. The second kappa shape index (κ2) is 21.4. The lowest BCUT2D eigenvalue weighted by Gasteiger charge is -2.42. The molecule has 14 heteroatoms. The number of carbonyl (C=O) groups is 4. The third-order valence-electron chi connectivity index (χ3n) is 8.43. The first-order valence-corrected chi connectivity index (χ1v) is 18.5. The van der Waals surface area contributed by atoms with Crippen LogP contribution in [0.15, 0.2) is 121 Å². The first-order chi connectivity index (χ1) is 26.1. The summed E-state index contributed by atoms with van der Waals surface area (Å²) >= 11 is 0. The summed E-state index contributed by atoms with van der Waals surface area (Å²) in [5.41, 5.74) is 0.446. The molecule has 1 saturated heterocycles. The van der Waals surface area contributed by atoms with Crippen LogP contribution in [0.3, 0.4) is 0 Å². The van der Waals surface area contributed by atoms with Crippen LogP contribution in [-0.2, 0) is 32.8 Å². The van der Waals surface area contributed by atoms with Crippen molar-refractivity contribution in [2.45, 2.75) is 51.5 Å². The van der Waals surface area contributed by atoms with E-state index in [-0.39, 0.29) is 22.3 Å². The van der Waals surface area contributed by atoms with Gasteiger partial charge < -0.3 is 33.5 Å². The zero-order valence-electron chi connectivity index (χ0n) is 30.1. The summed E-state index contributed by atoms with van der Waals surface area (Å²) in [6, 6.07) is 31.2. The average molecular weight is 761 g/mol. The zero-order valence-corrected chi connectivity index (χ0v) is 31.0. The van der Waals surface area contributed by atoms with Gasteiger partial charge >= 0.3 is 32.1 Å². The first-order valence-electron chi connectivity index (χ1n) is 17.4. The van der Waals surface area contributed by atoms with E-state index in [0.29, 0.717) is 0 Å². The Morgan fingerprint density at radius 3 is 1.31 bits per heavy atom. The summed E-state index contributed by atoms with van der Waals surface area (Å²) in [6.45, 7) is 9.85. The molecule has 1 fully saturated rings. The van der Waals surface area contributed by atoms with Gasteiger partial charge in [0.15, 0.2) is 12.2 Å². The molecule has 1 heterocycles. The summed E-state index contributed by atoms with van der Waals surface area (Å²) in [6.07, 6.45) is -8.55. The number of ether oxygens (including phenoxy) is 5. The number of benzene rings is 4. The summed E-state index contributed by atoms with van der Waals surface area (Å²) in [5, 5.41) is 0. The lowest BCUT2D eigenvalue weighted by atomic mass is 9.98. The number of esters is 4. The largest absolute Gasteiger partial charge is 0.566 e. The lowest BCUT2D eigenvalue weighted by Crippen LogP contribution is -3.11. The van der Waals surface area contributed by atoms with E-state index in [1.165, 1.54) is 68.2 Å². The fourth-order valence-electron chi connectivity index (χ4n) is 5.44. The topological polar surface area (TPSA) is 168 Å². The maximum atomic E-state index is 13.4. The molecule has 0 saturated carbocycles. The predicted octanol–water partition coefficient (Wildman–Crippen LogP) is 4.21. The van der Waals surface area contributed by atoms with Gasteiger partial charge in [0.2, 0.25) is 12.4 Å². The van der Waals surface area contributed by atoms with Gasteiger partial charge in [-0.15, -0.1) is 4.52 Å². The van der Waals surface area contributed by atoms with Crippen LogP contribution in [0.2, 0.25) is 0 Å². The van der Waals surface area contributed by atoms with E-state index in [1.54, 1.807) is 77.7 Å². The molecule has 0 bridgehead atoms. The highest BCUT2D eigenvalue weighted by Crippen LogP contribution is 2.34. The molecule has 0 radical (unpaired) electrons. The molecule has 0 aromatic heterocycles. The molecule has 284 valence electrons. The minimum Gasteiger partial charge on any atom is -0.566 e. The minimum atomic E-state index is -3.64. The number of hydrogen-bond acceptors (Lipinski definition) is 12. The smallest absolute Gasteiger partial charge is 0.488 e. The van der Waals surface area contributed by atoms with Crippen molar-refractivity contribution in [3.8, 4) is 0 Å². The van der Waals surface area contributed by atoms with Crippen molar-refractivity contribution in [3.63, 3.8) is 0 Å². The van der Waals surface area contributed by atoms with Crippen LogP contribution in [0, 0.1) is 0 Å². The third kappa shape index (κ3) is 12.1. The average Bonchev–Trinajstić information content (AvgIpc) is 3.21. The molecule has 4 aromatic rings. The van der Waals surface area contributed by atoms with E-state index < -0.39 is 69.4 Å². The van der Waals surface area contributed by atoms with Crippen LogP contribution in [0.25, 0.3) is 0 Å². The van der Waals surface area contributed by atoms with Gasteiger partial charge in [0, 0.05) is 0 Å². The number of rotatable bonds is 14. The lowest BCUT2D eigenvalue weighted by molar-refractivity contribution is -0.894. The molecular weight excluding hydrogens is 717 g/mol. The van der Waals surface area contributed by atoms with Crippen molar-refractivity contribution in [2.24, 2.45) is 0 Å². The van der Waals surface area contributed by atoms with E-state index >= 15 is 0 Å². The Balaban J connectivity index is 0.000000845. The minimum absolute atomic E-state index is 0.0716. The van der Waals surface area contributed by atoms with E-state index in [2.05, 4.69) is 20.8 Å². The molecule has 6 atom stereocenters. The molecule has 13 nitrogen and oxygen atoms in total. The van der Waals surface area contributed by atoms with Crippen molar-refractivity contribution >= 4 is 32.1 Å². The summed E-state index contributed by atoms with van der Waals surface area (Å²) in [7, 11) is -3.64. The second-order valence-electron chi connectivity index (χ2n) is 11.9. The molecule has 0 aliphatic carbocycles. The van der Waals surface area contributed by atoms with Crippen LogP contribution in [0.4, 0.5) is 0 Å². The molecule has 1 aliphatic rings. The summed E-state index contributed by atoms with van der Waals surface area (Å²) in [5.74, 6) is -3.56. The van der Waals surface area contributed by atoms with E-state index in [4.69, 9.17) is 28.2 Å². The molecule has 4 aromatic carbocycles. The Kier molecular flexibility index (Phi) is 16.4. The fraction of sp³-hybridized carbons (Fsp3) is 0.300. The maximum absolute atomic E-state index is 13.4. The van der Waals surface area contributed by atoms with Crippen molar-refractivity contribution in [1.82, 2.24) is 0 Å². The molecule has 1 N–H and O–H groups in total. The van der Waals surface area contributed by atoms with E-state index in [0.717, 1.165) is 0 Å².